The summed E-state index contributed by atoms with van der Waals surface area (Å²) in [6.07, 6.45) is 3.77. The largest absolute Gasteiger partial charge is 0.383 e. The summed E-state index contributed by atoms with van der Waals surface area (Å²) in [7, 11) is 0. The van der Waals surface area contributed by atoms with Crippen LogP contribution in [0, 0.1) is 6.92 Å². The fraction of sp³-hybridized carbons (Fsp3) is 0.263. The zero-order valence-electron chi connectivity index (χ0n) is 13.8. The molecular weight excluding hydrogens is 298 g/mol. The van der Waals surface area contributed by atoms with E-state index in [0.29, 0.717) is 0 Å². The van der Waals surface area contributed by atoms with Gasteiger partial charge in [0.05, 0.1) is 17.7 Å². The Morgan fingerprint density at radius 2 is 2.04 bits per heavy atom. The number of aromatic amines is 1. The topological polar surface area (TPSA) is 56.8 Å². The summed E-state index contributed by atoms with van der Waals surface area (Å²) >= 11 is 0. The molecule has 2 aromatic heterocycles. The monoisotopic (exact) mass is 319 g/mol. The van der Waals surface area contributed by atoms with Crippen LogP contribution < -0.4 is 5.32 Å². The number of anilines is 1. The molecule has 0 fully saturated rings. The van der Waals surface area contributed by atoms with Crippen LogP contribution in [0.15, 0.2) is 48.9 Å². The van der Waals surface area contributed by atoms with Crippen molar-refractivity contribution in [3.05, 3.63) is 65.9 Å². The van der Waals surface area contributed by atoms with Gasteiger partial charge in [0.1, 0.15) is 0 Å². The van der Waals surface area contributed by atoms with Crippen molar-refractivity contribution >= 4 is 5.69 Å². The van der Waals surface area contributed by atoms with E-state index in [0.717, 1.165) is 48.8 Å². The molecule has 0 saturated heterocycles. The first kappa shape index (κ1) is 14.9. The minimum Gasteiger partial charge on any atom is -0.383 e. The number of hydrogen-bond donors (Lipinski definition) is 2. The van der Waals surface area contributed by atoms with Crippen molar-refractivity contribution < 1.29 is 0 Å². The molecule has 0 atom stereocenters. The van der Waals surface area contributed by atoms with E-state index >= 15 is 0 Å². The second-order valence-electron chi connectivity index (χ2n) is 6.20. The first-order valence-corrected chi connectivity index (χ1v) is 8.29. The predicted octanol–water partition coefficient (Wildman–Crippen LogP) is 3.21. The average Bonchev–Trinajstić information content (AvgIpc) is 2.90. The Hall–Kier alpha value is -2.66. The van der Waals surface area contributed by atoms with Crippen LogP contribution in [0.4, 0.5) is 5.69 Å². The molecule has 0 saturated carbocycles. The Morgan fingerprint density at radius 3 is 2.83 bits per heavy atom. The van der Waals surface area contributed by atoms with E-state index in [1.165, 1.54) is 11.3 Å². The van der Waals surface area contributed by atoms with E-state index in [-0.39, 0.29) is 0 Å². The lowest BCUT2D eigenvalue weighted by molar-refractivity contribution is 0.268. The fourth-order valence-corrected chi connectivity index (χ4v) is 3.10. The van der Waals surface area contributed by atoms with E-state index in [1.54, 1.807) is 6.33 Å². The van der Waals surface area contributed by atoms with E-state index < -0.39 is 0 Å². The third-order valence-corrected chi connectivity index (χ3v) is 4.50. The first-order chi connectivity index (χ1) is 11.8. The van der Waals surface area contributed by atoms with Gasteiger partial charge < -0.3 is 10.3 Å². The van der Waals surface area contributed by atoms with Crippen molar-refractivity contribution in [1.29, 1.82) is 0 Å². The maximum absolute atomic E-state index is 4.66. The molecule has 0 spiro atoms. The van der Waals surface area contributed by atoms with Crippen LogP contribution in [-0.4, -0.2) is 32.9 Å². The lowest BCUT2D eigenvalue weighted by Crippen LogP contribution is -2.26. The predicted molar refractivity (Wildman–Crippen MR) is 95.6 cm³/mol. The van der Waals surface area contributed by atoms with Gasteiger partial charge in [0.2, 0.25) is 0 Å². The van der Waals surface area contributed by atoms with E-state index in [2.05, 4.69) is 50.3 Å². The molecular formula is C19H21N5. The van der Waals surface area contributed by atoms with Crippen molar-refractivity contribution in [3.8, 4) is 11.3 Å². The van der Waals surface area contributed by atoms with E-state index in [4.69, 9.17) is 0 Å². The molecule has 5 heteroatoms. The highest BCUT2D eigenvalue weighted by atomic mass is 15.2. The number of fused-ring (bicyclic) bond motifs is 1. The molecule has 122 valence electrons. The molecule has 0 bridgehead atoms. The van der Waals surface area contributed by atoms with Crippen LogP contribution in [-0.2, 0) is 13.1 Å². The molecule has 4 rings (SSSR count). The van der Waals surface area contributed by atoms with Crippen molar-refractivity contribution in [3.63, 3.8) is 0 Å². The van der Waals surface area contributed by atoms with Gasteiger partial charge in [0.15, 0.2) is 0 Å². The lowest BCUT2D eigenvalue weighted by atomic mass is 10.1. The molecule has 1 aliphatic heterocycles. The molecule has 5 nitrogen and oxygen atoms in total. The summed E-state index contributed by atoms with van der Waals surface area (Å²) in [5, 5.41) is 3.55. The van der Waals surface area contributed by atoms with Gasteiger partial charge in [0.25, 0.3) is 0 Å². The molecule has 0 aliphatic carbocycles. The number of nitrogens with zero attached hydrogens (tertiary/aromatic N) is 3. The maximum atomic E-state index is 4.66. The Labute approximate surface area is 141 Å². The quantitative estimate of drug-likeness (QED) is 0.778. The highest BCUT2D eigenvalue weighted by Gasteiger charge is 2.17. The Balaban J connectivity index is 1.57. The summed E-state index contributed by atoms with van der Waals surface area (Å²) < 4.78 is 0. The number of H-pyrrole nitrogens is 1. The van der Waals surface area contributed by atoms with Crippen LogP contribution in [0.3, 0.4) is 0 Å². The van der Waals surface area contributed by atoms with Crippen molar-refractivity contribution in [2.45, 2.75) is 20.0 Å². The zero-order chi connectivity index (χ0) is 16.4. The Kier molecular flexibility index (Phi) is 4.01. The molecule has 0 amide bonds. The Morgan fingerprint density at radius 1 is 1.17 bits per heavy atom. The third-order valence-electron chi connectivity index (χ3n) is 4.50. The van der Waals surface area contributed by atoms with Crippen LogP contribution in [0.25, 0.3) is 11.3 Å². The summed E-state index contributed by atoms with van der Waals surface area (Å²) in [4.78, 5) is 14.6. The van der Waals surface area contributed by atoms with Crippen LogP contribution >= 0.6 is 0 Å². The number of benzene rings is 1. The molecule has 3 aromatic rings. The minimum atomic E-state index is 0.858. The number of nitrogens with one attached hydrogen (secondary N) is 2. The smallest absolute Gasteiger partial charge is 0.0925 e. The number of rotatable bonds is 3. The van der Waals surface area contributed by atoms with Gasteiger partial charge in [-0.1, -0.05) is 30.3 Å². The maximum Gasteiger partial charge on any atom is 0.0925 e. The Bertz CT molecular complexity index is 825. The summed E-state index contributed by atoms with van der Waals surface area (Å²) in [5.74, 6) is 0. The van der Waals surface area contributed by atoms with Crippen LogP contribution in [0.5, 0.6) is 0 Å². The number of aromatic nitrogens is 3. The molecule has 3 heterocycles. The number of aryl methyl sites for hydroxylation is 1. The molecule has 0 radical (unpaired) electrons. The van der Waals surface area contributed by atoms with Gasteiger partial charge >= 0.3 is 0 Å². The standard InChI is InChI=1S/C19H21N5/c1-14-19(23-13-22-14)12-24-8-7-20-18-9-17(21-10-16(18)11-24)15-5-3-2-4-6-15/h2-6,9-10,13,20H,7-8,11-12H2,1H3,(H,22,23). The number of imidazole rings is 1. The third kappa shape index (κ3) is 3.03. The first-order valence-electron chi connectivity index (χ1n) is 8.29. The van der Waals surface area contributed by atoms with Gasteiger partial charge in [-0.2, -0.15) is 0 Å². The lowest BCUT2D eigenvalue weighted by Gasteiger charge is -2.19. The van der Waals surface area contributed by atoms with Gasteiger partial charge in [0, 0.05) is 54.9 Å². The minimum absolute atomic E-state index is 0.858. The van der Waals surface area contributed by atoms with Crippen LogP contribution in [0.2, 0.25) is 0 Å². The van der Waals surface area contributed by atoms with Gasteiger partial charge in [-0.15, -0.1) is 0 Å². The molecule has 0 unspecified atom stereocenters. The number of hydrogen-bond acceptors (Lipinski definition) is 4. The molecule has 1 aliphatic rings. The highest BCUT2D eigenvalue weighted by molar-refractivity contribution is 5.66. The van der Waals surface area contributed by atoms with Gasteiger partial charge in [-0.25, -0.2) is 4.98 Å². The normalized spacial score (nSPS) is 14.7. The van der Waals surface area contributed by atoms with Gasteiger partial charge in [-0.05, 0) is 13.0 Å². The van der Waals surface area contributed by atoms with Crippen molar-refractivity contribution in [2.75, 3.05) is 18.4 Å². The second kappa shape index (κ2) is 6.45. The fourth-order valence-electron chi connectivity index (χ4n) is 3.10. The summed E-state index contributed by atoms with van der Waals surface area (Å²) in [5.41, 5.74) is 6.84. The van der Waals surface area contributed by atoms with E-state index in [9.17, 15) is 0 Å². The van der Waals surface area contributed by atoms with E-state index in [1.807, 2.05) is 24.4 Å². The van der Waals surface area contributed by atoms with Crippen molar-refractivity contribution in [2.24, 2.45) is 0 Å². The molecule has 1 aromatic carbocycles. The van der Waals surface area contributed by atoms with Crippen LogP contribution in [0.1, 0.15) is 17.0 Å². The zero-order valence-corrected chi connectivity index (χ0v) is 13.8. The van der Waals surface area contributed by atoms with Gasteiger partial charge in [-0.3, -0.25) is 9.88 Å². The highest BCUT2D eigenvalue weighted by Crippen LogP contribution is 2.26. The molecule has 2 N–H and O–H groups in total. The second-order valence-corrected chi connectivity index (χ2v) is 6.20. The summed E-state index contributed by atoms with van der Waals surface area (Å²) in [6.45, 7) is 5.73. The number of pyridine rings is 1. The average molecular weight is 319 g/mol. The SMILES string of the molecule is Cc1[nH]cnc1CN1CCNc2cc(-c3ccccc3)ncc2C1. The molecule has 24 heavy (non-hydrogen) atoms. The summed E-state index contributed by atoms with van der Waals surface area (Å²) in [6, 6.07) is 12.5. The van der Waals surface area contributed by atoms with Crippen molar-refractivity contribution in [1.82, 2.24) is 19.9 Å².